The molecule has 0 atom stereocenters. The second-order valence-corrected chi connectivity index (χ2v) is 7.81. The maximum absolute atomic E-state index is 12.2. The van der Waals surface area contributed by atoms with Gasteiger partial charge in [-0.15, -0.1) is 0 Å². The summed E-state index contributed by atoms with van der Waals surface area (Å²) < 4.78 is 12.2. The zero-order chi connectivity index (χ0) is 13.2. The highest BCUT2D eigenvalue weighted by atomic mass is 31.2. The molecule has 5 heteroatoms. The second kappa shape index (κ2) is 4.92. The van der Waals surface area contributed by atoms with Gasteiger partial charge in [0.25, 0.3) is 0 Å². The first-order chi connectivity index (χ1) is 7.73. The van der Waals surface area contributed by atoms with Crippen molar-refractivity contribution in [3.05, 3.63) is 23.8 Å². The van der Waals surface area contributed by atoms with Gasteiger partial charge < -0.3 is 15.0 Å². The lowest BCUT2D eigenvalue weighted by Crippen LogP contribution is -2.22. The van der Waals surface area contributed by atoms with Gasteiger partial charge in [-0.25, -0.2) is 4.79 Å². The van der Waals surface area contributed by atoms with E-state index in [1.807, 2.05) is 13.8 Å². The molecule has 0 amide bonds. The van der Waals surface area contributed by atoms with Crippen LogP contribution in [0.3, 0.4) is 0 Å². The molecular weight excluding hydrogens is 237 g/mol. The molecule has 1 rings (SSSR count). The maximum Gasteiger partial charge on any atom is 0.336 e. The van der Waals surface area contributed by atoms with Crippen molar-refractivity contribution >= 4 is 24.1 Å². The van der Waals surface area contributed by atoms with Crippen molar-refractivity contribution in [1.82, 2.24) is 0 Å². The molecule has 0 spiro atoms. The molecule has 94 valence electrons. The van der Waals surface area contributed by atoms with E-state index >= 15 is 0 Å². The molecule has 17 heavy (non-hydrogen) atoms. The van der Waals surface area contributed by atoms with Crippen LogP contribution >= 0.6 is 7.14 Å². The van der Waals surface area contributed by atoms with Crippen molar-refractivity contribution in [2.24, 2.45) is 0 Å². The number of aromatic carboxylic acids is 1. The molecule has 1 aromatic rings. The minimum Gasteiger partial charge on any atom is -0.478 e. The molecule has 0 unspecified atom stereocenters. The third-order valence-electron chi connectivity index (χ3n) is 2.25. The number of nitrogens with one attached hydrogen (secondary N) is 1. The average molecular weight is 255 g/mol. The lowest BCUT2D eigenvalue weighted by Gasteiger charge is -2.19. The Kier molecular flexibility index (Phi) is 3.99. The third kappa shape index (κ3) is 3.34. The highest BCUT2D eigenvalue weighted by Gasteiger charge is 2.24. The lowest BCUT2D eigenvalue weighted by atomic mass is 10.2. The number of rotatable bonds is 4. The first-order valence-electron chi connectivity index (χ1n) is 5.42. The summed E-state index contributed by atoms with van der Waals surface area (Å²) >= 11 is 0. The molecule has 0 aliphatic carbocycles. The molecular formula is C12H18NO3P. The molecule has 0 fully saturated rings. The van der Waals surface area contributed by atoms with Crippen molar-refractivity contribution in [3.63, 3.8) is 0 Å². The Balaban J connectivity index is 3.46. The zero-order valence-electron chi connectivity index (χ0n) is 10.5. The Labute approximate surface area is 101 Å². The summed E-state index contributed by atoms with van der Waals surface area (Å²) in [5.41, 5.74) is 0.761. The van der Waals surface area contributed by atoms with Crippen LogP contribution in [0.1, 0.15) is 24.2 Å². The quantitative estimate of drug-likeness (QED) is 0.811. The number of benzene rings is 1. The first kappa shape index (κ1) is 13.8. The van der Waals surface area contributed by atoms with Gasteiger partial charge >= 0.3 is 5.97 Å². The van der Waals surface area contributed by atoms with Crippen molar-refractivity contribution in [2.75, 3.05) is 18.6 Å². The number of anilines is 1. The second-order valence-electron chi connectivity index (χ2n) is 4.66. The lowest BCUT2D eigenvalue weighted by molar-refractivity contribution is 0.0698. The highest BCUT2D eigenvalue weighted by molar-refractivity contribution is 7.70. The van der Waals surface area contributed by atoms with Gasteiger partial charge in [0.2, 0.25) is 0 Å². The number of carboxylic acids is 1. The van der Waals surface area contributed by atoms with E-state index in [9.17, 15) is 9.36 Å². The normalized spacial score (nSPS) is 11.6. The van der Waals surface area contributed by atoms with Gasteiger partial charge in [-0.2, -0.15) is 0 Å². The van der Waals surface area contributed by atoms with Crippen LogP contribution in [0.15, 0.2) is 18.2 Å². The predicted molar refractivity (Wildman–Crippen MR) is 71.2 cm³/mol. The Bertz CT molecular complexity index is 477. The molecule has 2 N–H and O–H groups in total. The summed E-state index contributed by atoms with van der Waals surface area (Å²) in [6.45, 7) is 7.07. The molecule has 0 aromatic heterocycles. The van der Waals surface area contributed by atoms with Gasteiger partial charge in [-0.1, -0.05) is 6.07 Å². The van der Waals surface area contributed by atoms with Gasteiger partial charge in [0.15, 0.2) is 0 Å². The Morgan fingerprint density at radius 2 is 1.94 bits per heavy atom. The molecule has 4 nitrogen and oxygen atoms in total. The van der Waals surface area contributed by atoms with Crippen LogP contribution in [0.25, 0.3) is 0 Å². The number of hydrogen-bond donors (Lipinski definition) is 2. The maximum atomic E-state index is 12.2. The number of carbonyl (C=O) groups is 1. The molecule has 0 bridgehead atoms. The van der Waals surface area contributed by atoms with E-state index in [4.69, 9.17) is 5.11 Å². The Hall–Kier alpha value is -1.28. The molecule has 0 saturated carbocycles. The minimum absolute atomic E-state index is 0.115. The van der Waals surface area contributed by atoms with Crippen LogP contribution in [0.2, 0.25) is 0 Å². The van der Waals surface area contributed by atoms with Crippen molar-refractivity contribution in [2.45, 2.75) is 19.9 Å². The molecule has 0 radical (unpaired) electrons. The summed E-state index contributed by atoms with van der Waals surface area (Å²) in [6, 6.07) is 5.07. The fraction of sp³-hybridized carbons (Fsp3) is 0.417. The van der Waals surface area contributed by atoms with Crippen LogP contribution in [0.5, 0.6) is 0 Å². The molecule has 1 aromatic carbocycles. The van der Waals surface area contributed by atoms with Crippen molar-refractivity contribution in [3.8, 4) is 0 Å². The van der Waals surface area contributed by atoms with Gasteiger partial charge in [0, 0.05) is 17.0 Å². The van der Waals surface area contributed by atoms with Gasteiger partial charge in [-0.3, -0.25) is 0 Å². The van der Waals surface area contributed by atoms with E-state index in [0.717, 1.165) is 0 Å². The van der Waals surface area contributed by atoms with Crippen LogP contribution in [0, 0.1) is 0 Å². The van der Waals surface area contributed by atoms with Crippen LogP contribution in [-0.4, -0.2) is 30.4 Å². The Morgan fingerprint density at radius 1 is 1.35 bits per heavy atom. The third-order valence-corrected chi connectivity index (χ3v) is 3.81. The van der Waals surface area contributed by atoms with E-state index in [0.29, 0.717) is 11.0 Å². The fourth-order valence-corrected chi connectivity index (χ4v) is 3.19. The first-order valence-corrected chi connectivity index (χ1v) is 8.02. The van der Waals surface area contributed by atoms with E-state index in [1.54, 1.807) is 25.5 Å². The topological polar surface area (TPSA) is 66.4 Å². The number of hydrogen-bond acceptors (Lipinski definition) is 3. The fourth-order valence-electron chi connectivity index (χ4n) is 1.72. The molecule has 0 heterocycles. The van der Waals surface area contributed by atoms with Crippen LogP contribution < -0.4 is 10.6 Å². The predicted octanol–water partition coefficient (Wildman–Crippen LogP) is 2.45. The standard InChI is InChI=1S/C12H18NO3P/c1-8(2)13-10-7-5-6-9(12(14)15)11(10)17(3,4)16/h5-8,13H,1-4H3,(H,14,15). The summed E-state index contributed by atoms with van der Waals surface area (Å²) in [7, 11) is -2.65. The summed E-state index contributed by atoms with van der Waals surface area (Å²) in [6.07, 6.45) is 0. The van der Waals surface area contributed by atoms with E-state index in [1.165, 1.54) is 6.07 Å². The van der Waals surface area contributed by atoms with E-state index in [-0.39, 0.29) is 11.6 Å². The minimum atomic E-state index is -2.65. The SMILES string of the molecule is CC(C)Nc1cccc(C(=O)O)c1P(C)(C)=O. The zero-order valence-corrected chi connectivity index (χ0v) is 11.4. The van der Waals surface area contributed by atoms with Gasteiger partial charge in [0.05, 0.1) is 5.56 Å². The van der Waals surface area contributed by atoms with Crippen molar-refractivity contribution in [1.29, 1.82) is 0 Å². The number of carboxylic acid groups (broad SMARTS) is 1. The Morgan fingerprint density at radius 3 is 2.35 bits per heavy atom. The van der Waals surface area contributed by atoms with Crippen molar-refractivity contribution < 1.29 is 14.5 Å². The summed E-state index contributed by atoms with van der Waals surface area (Å²) in [5, 5.41) is 12.7. The van der Waals surface area contributed by atoms with Crippen LogP contribution in [0.4, 0.5) is 5.69 Å². The molecule has 0 aliphatic heterocycles. The monoisotopic (exact) mass is 255 g/mol. The van der Waals surface area contributed by atoms with Gasteiger partial charge in [0.1, 0.15) is 7.14 Å². The molecule has 0 aliphatic rings. The van der Waals surface area contributed by atoms with Crippen LogP contribution in [-0.2, 0) is 4.57 Å². The van der Waals surface area contributed by atoms with Gasteiger partial charge in [-0.05, 0) is 39.3 Å². The highest BCUT2D eigenvalue weighted by Crippen LogP contribution is 2.39. The summed E-state index contributed by atoms with van der Waals surface area (Å²) in [4.78, 5) is 11.2. The average Bonchev–Trinajstić information content (AvgIpc) is 2.14. The smallest absolute Gasteiger partial charge is 0.336 e. The molecule has 0 saturated heterocycles. The van der Waals surface area contributed by atoms with E-state index < -0.39 is 13.1 Å². The largest absolute Gasteiger partial charge is 0.478 e. The summed E-state index contributed by atoms with van der Waals surface area (Å²) in [5.74, 6) is -1.05. The van der Waals surface area contributed by atoms with E-state index in [2.05, 4.69) is 5.32 Å².